The van der Waals surface area contributed by atoms with Crippen molar-refractivity contribution in [1.29, 1.82) is 0 Å². The first-order valence-electron chi connectivity index (χ1n) is 8.89. The van der Waals surface area contributed by atoms with E-state index in [1.165, 1.54) is 23.2 Å². The molecule has 24 heavy (non-hydrogen) atoms. The standard InChI is InChI=1S/C20H25N3O/c1-3-5-7-15-9-11-17-18(13-15)22-23(21-17)19-12-10-16(8-6-4-2)14-20(19)24/h9-14,24H,3-8H2,1-2H3. The van der Waals surface area contributed by atoms with Crippen molar-refractivity contribution in [3.8, 4) is 11.4 Å². The molecular formula is C20H25N3O. The van der Waals surface area contributed by atoms with E-state index in [2.05, 4.69) is 36.2 Å². The van der Waals surface area contributed by atoms with Gasteiger partial charge >= 0.3 is 0 Å². The van der Waals surface area contributed by atoms with Gasteiger partial charge in [0, 0.05) is 0 Å². The SMILES string of the molecule is CCCCc1ccc(-n2nc3ccc(CCCC)cc3n2)c(O)c1. The fourth-order valence-electron chi connectivity index (χ4n) is 2.88. The molecule has 0 unspecified atom stereocenters. The van der Waals surface area contributed by atoms with Crippen LogP contribution in [-0.4, -0.2) is 20.1 Å². The summed E-state index contributed by atoms with van der Waals surface area (Å²) in [6.07, 6.45) is 6.69. The van der Waals surface area contributed by atoms with Gasteiger partial charge in [-0.25, -0.2) is 0 Å². The largest absolute Gasteiger partial charge is 0.506 e. The molecule has 0 saturated carbocycles. The van der Waals surface area contributed by atoms with Crippen LogP contribution in [0, 0.1) is 0 Å². The molecule has 0 aliphatic carbocycles. The minimum absolute atomic E-state index is 0.232. The van der Waals surface area contributed by atoms with Crippen molar-refractivity contribution in [2.75, 3.05) is 0 Å². The number of phenolic OH excluding ortho intramolecular Hbond substituents is 1. The third-order valence-corrected chi connectivity index (χ3v) is 4.34. The first-order chi connectivity index (χ1) is 11.7. The molecule has 4 heteroatoms. The van der Waals surface area contributed by atoms with Crippen LogP contribution in [0.15, 0.2) is 36.4 Å². The van der Waals surface area contributed by atoms with E-state index in [-0.39, 0.29) is 5.75 Å². The molecule has 1 heterocycles. The number of hydrogen-bond acceptors (Lipinski definition) is 3. The van der Waals surface area contributed by atoms with Crippen molar-refractivity contribution >= 4 is 11.0 Å². The minimum atomic E-state index is 0.232. The molecule has 0 saturated heterocycles. The highest BCUT2D eigenvalue weighted by atomic mass is 16.3. The summed E-state index contributed by atoms with van der Waals surface area (Å²) in [5.41, 5.74) is 4.79. The van der Waals surface area contributed by atoms with Crippen molar-refractivity contribution in [2.45, 2.75) is 52.4 Å². The highest BCUT2D eigenvalue weighted by Crippen LogP contribution is 2.24. The van der Waals surface area contributed by atoms with Gasteiger partial charge in [-0.1, -0.05) is 38.8 Å². The number of unbranched alkanes of at least 4 members (excludes halogenated alkanes) is 2. The summed E-state index contributed by atoms with van der Waals surface area (Å²) in [5, 5.41) is 19.4. The van der Waals surface area contributed by atoms with Crippen molar-refractivity contribution in [3.05, 3.63) is 47.5 Å². The maximum absolute atomic E-state index is 10.3. The van der Waals surface area contributed by atoms with Gasteiger partial charge in [0.15, 0.2) is 0 Å². The Kier molecular flexibility index (Phi) is 5.14. The lowest BCUT2D eigenvalue weighted by atomic mass is 10.1. The minimum Gasteiger partial charge on any atom is -0.506 e. The van der Waals surface area contributed by atoms with Gasteiger partial charge in [-0.3, -0.25) is 0 Å². The lowest BCUT2D eigenvalue weighted by molar-refractivity contribution is 0.467. The number of aryl methyl sites for hydroxylation is 2. The first-order valence-corrected chi connectivity index (χ1v) is 8.89. The van der Waals surface area contributed by atoms with Crippen molar-refractivity contribution in [3.63, 3.8) is 0 Å². The van der Waals surface area contributed by atoms with E-state index >= 15 is 0 Å². The maximum Gasteiger partial charge on any atom is 0.143 e. The average Bonchev–Trinajstić information content (AvgIpc) is 3.01. The van der Waals surface area contributed by atoms with E-state index < -0.39 is 0 Å². The first kappa shape index (κ1) is 16.5. The summed E-state index contributed by atoms with van der Waals surface area (Å²) in [5.74, 6) is 0.232. The van der Waals surface area contributed by atoms with Gasteiger partial charge in [0.1, 0.15) is 22.5 Å². The summed E-state index contributed by atoms with van der Waals surface area (Å²) >= 11 is 0. The van der Waals surface area contributed by atoms with E-state index in [0.29, 0.717) is 5.69 Å². The molecule has 4 nitrogen and oxygen atoms in total. The number of aromatic nitrogens is 3. The molecule has 3 rings (SSSR count). The van der Waals surface area contributed by atoms with Gasteiger partial charge in [-0.05, 0) is 61.1 Å². The van der Waals surface area contributed by atoms with Crippen LogP contribution >= 0.6 is 0 Å². The predicted molar refractivity (Wildman–Crippen MR) is 97.8 cm³/mol. The molecule has 3 aromatic rings. The fraction of sp³-hybridized carbons (Fsp3) is 0.400. The van der Waals surface area contributed by atoms with Crippen LogP contribution in [0.4, 0.5) is 0 Å². The van der Waals surface area contributed by atoms with Gasteiger partial charge in [-0.15, -0.1) is 15.0 Å². The predicted octanol–water partition coefficient (Wildman–Crippen LogP) is 4.81. The zero-order valence-electron chi connectivity index (χ0n) is 14.5. The number of fused-ring (bicyclic) bond motifs is 1. The highest BCUT2D eigenvalue weighted by Gasteiger charge is 2.10. The summed E-state index contributed by atoms with van der Waals surface area (Å²) < 4.78 is 0. The van der Waals surface area contributed by atoms with Gasteiger partial charge in [-0.2, -0.15) is 0 Å². The number of phenols is 1. The van der Waals surface area contributed by atoms with Gasteiger partial charge in [0.05, 0.1) is 0 Å². The molecule has 0 aliphatic heterocycles. The molecule has 1 N–H and O–H groups in total. The molecule has 0 bridgehead atoms. The summed E-state index contributed by atoms with van der Waals surface area (Å²) in [7, 11) is 0. The lowest BCUT2D eigenvalue weighted by Gasteiger charge is -2.06. The molecule has 0 atom stereocenters. The highest BCUT2D eigenvalue weighted by molar-refractivity contribution is 5.74. The summed E-state index contributed by atoms with van der Waals surface area (Å²) in [6, 6.07) is 12.0. The van der Waals surface area contributed by atoms with Crippen molar-refractivity contribution < 1.29 is 5.11 Å². The summed E-state index contributed by atoms with van der Waals surface area (Å²) in [4.78, 5) is 1.53. The second-order valence-corrected chi connectivity index (χ2v) is 6.34. The second-order valence-electron chi connectivity index (χ2n) is 6.34. The van der Waals surface area contributed by atoms with E-state index in [0.717, 1.165) is 42.3 Å². The molecule has 0 spiro atoms. The Morgan fingerprint density at radius 2 is 1.46 bits per heavy atom. The van der Waals surface area contributed by atoms with Crippen LogP contribution in [0.5, 0.6) is 5.75 Å². The van der Waals surface area contributed by atoms with Crippen LogP contribution in [0.1, 0.15) is 50.7 Å². The molecule has 0 fully saturated rings. The van der Waals surface area contributed by atoms with E-state index in [4.69, 9.17) is 0 Å². The topological polar surface area (TPSA) is 50.9 Å². The molecule has 0 amide bonds. The Hall–Kier alpha value is -2.36. The molecule has 0 aliphatic rings. The Bertz CT molecular complexity index is 823. The van der Waals surface area contributed by atoms with E-state index in [9.17, 15) is 5.11 Å². The zero-order valence-corrected chi connectivity index (χ0v) is 14.5. The molecule has 2 aromatic carbocycles. The number of benzene rings is 2. The molecule has 0 radical (unpaired) electrons. The Morgan fingerprint density at radius 1 is 0.833 bits per heavy atom. The van der Waals surface area contributed by atoms with Crippen LogP contribution in [-0.2, 0) is 12.8 Å². The van der Waals surface area contributed by atoms with Crippen LogP contribution in [0.2, 0.25) is 0 Å². The fourth-order valence-corrected chi connectivity index (χ4v) is 2.88. The summed E-state index contributed by atoms with van der Waals surface area (Å²) in [6.45, 7) is 4.37. The monoisotopic (exact) mass is 323 g/mol. The average molecular weight is 323 g/mol. The zero-order chi connectivity index (χ0) is 16.9. The Balaban J connectivity index is 1.88. The third-order valence-electron chi connectivity index (χ3n) is 4.34. The van der Waals surface area contributed by atoms with Gasteiger partial charge in [0.25, 0.3) is 0 Å². The maximum atomic E-state index is 10.3. The number of nitrogens with zero attached hydrogens (tertiary/aromatic N) is 3. The number of aromatic hydroxyl groups is 1. The lowest BCUT2D eigenvalue weighted by Crippen LogP contribution is -1.99. The van der Waals surface area contributed by atoms with Crippen LogP contribution < -0.4 is 0 Å². The third kappa shape index (κ3) is 3.58. The van der Waals surface area contributed by atoms with Crippen LogP contribution in [0.3, 0.4) is 0 Å². The van der Waals surface area contributed by atoms with E-state index in [1.807, 2.05) is 24.3 Å². The Labute approximate surface area is 143 Å². The van der Waals surface area contributed by atoms with E-state index in [1.54, 1.807) is 0 Å². The second kappa shape index (κ2) is 7.47. The molecule has 126 valence electrons. The van der Waals surface area contributed by atoms with Crippen molar-refractivity contribution in [2.24, 2.45) is 0 Å². The quantitative estimate of drug-likeness (QED) is 0.678. The normalized spacial score (nSPS) is 11.2. The van der Waals surface area contributed by atoms with Gasteiger partial charge < -0.3 is 5.11 Å². The number of rotatable bonds is 7. The van der Waals surface area contributed by atoms with Crippen LogP contribution in [0.25, 0.3) is 16.7 Å². The van der Waals surface area contributed by atoms with Crippen molar-refractivity contribution in [1.82, 2.24) is 15.0 Å². The number of hydrogen-bond donors (Lipinski definition) is 1. The Morgan fingerprint density at radius 3 is 2.12 bits per heavy atom. The van der Waals surface area contributed by atoms with Gasteiger partial charge in [0.2, 0.25) is 0 Å². The molecular weight excluding hydrogens is 298 g/mol. The smallest absolute Gasteiger partial charge is 0.143 e. The molecule has 1 aromatic heterocycles.